The van der Waals surface area contributed by atoms with Crippen LogP contribution < -0.4 is 9.62 Å². The summed E-state index contributed by atoms with van der Waals surface area (Å²) in [6.07, 6.45) is 0. The molecule has 0 unspecified atom stereocenters. The summed E-state index contributed by atoms with van der Waals surface area (Å²) >= 11 is 6.22. The molecule has 7 nitrogen and oxygen atoms in total. The molecular weight excluding hydrogens is 498 g/mol. The lowest BCUT2D eigenvalue weighted by Crippen LogP contribution is -2.50. The first kappa shape index (κ1) is 27.2. The van der Waals surface area contributed by atoms with Crippen molar-refractivity contribution in [2.45, 2.75) is 38.3 Å². The van der Waals surface area contributed by atoms with Gasteiger partial charge in [0, 0.05) is 18.6 Å². The molecular formula is C27H30ClN3O4S. The van der Waals surface area contributed by atoms with Gasteiger partial charge in [0.2, 0.25) is 11.8 Å². The van der Waals surface area contributed by atoms with Crippen LogP contribution in [0.1, 0.15) is 23.6 Å². The Bertz CT molecular complexity index is 1330. The maximum absolute atomic E-state index is 13.7. The van der Waals surface area contributed by atoms with Crippen LogP contribution in [-0.2, 0) is 26.2 Å². The highest BCUT2D eigenvalue weighted by Crippen LogP contribution is 2.30. The molecule has 0 aliphatic carbocycles. The van der Waals surface area contributed by atoms with Gasteiger partial charge >= 0.3 is 0 Å². The van der Waals surface area contributed by atoms with Crippen molar-refractivity contribution in [2.24, 2.45) is 0 Å². The van der Waals surface area contributed by atoms with E-state index in [1.807, 2.05) is 31.2 Å². The van der Waals surface area contributed by atoms with E-state index in [0.29, 0.717) is 16.3 Å². The summed E-state index contributed by atoms with van der Waals surface area (Å²) in [6, 6.07) is 19.6. The number of anilines is 1. The lowest BCUT2D eigenvalue weighted by Gasteiger charge is -2.32. The fraction of sp³-hybridized carbons (Fsp3) is 0.259. The Kier molecular flexibility index (Phi) is 8.76. The number of halogens is 1. The largest absolute Gasteiger partial charge is 0.357 e. The Hall–Kier alpha value is -3.36. The van der Waals surface area contributed by atoms with Crippen LogP contribution >= 0.6 is 11.6 Å². The molecule has 190 valence electrons. The summed E-state index contributed by atoms with van der Waals surface area (Å²) in [5.74, 6) is -0.877. The fourth-order valence-electron chi connectivity index (χ4n) is 3.77. The van der Waals surface area contributed by atoms with Gasteiger partial charge < -0.3 is 10.2 Å². The Labute approximate surface area is 217 Å². The zero-order valence-electron chi connectivity index (χ0n) is 20.7. The van der Waals surface area contributed by atoms with E-state index in [9.17, 15) is 18.0 Å². The molecule has 0 aliphatic rings. The molecule has 1 atom stereocenters. The third kappa shape index (κ3) is 6.25. The molecule has 0 fully saturated rings. The number of rotatable bonds is 9. The zero-order chi connectivity index (χ0) is 26.5. The number of nitrogens with zero attached hydrogens (tertiary/aromatic N) is 2. The summed E-state index contributed by atoms with van der Waals surface area (Å²) in [6.45, 7) is 4.96. The van der Waals surface area contributed by atoms with Crippen LogP contribution in [0.15, 0.2) is 77.7 Å². The molecule has 0 aliphatic heterocycles. The first-order valence-electron chi connectivity index (χ1n) is 11.4. The van der Waals surface area contributed by atoms with Gasteiger partial charge in [0.1, 0.15) is 12.6 Å². The van der Waals surface area contributed by atoms with Crippen LogP contribution in [0.5, 0.6) is 0 Å². The lowest BCUT2D eigenvalue weighted by atomic mass is 10.1. The Morgan fingerprint density at radius 3 is 2.22 bits per heavy atom. The minimum Gasteiger partial charge on any atom is -0.357 e. The van der Waals surface area contributed by atoms with Crippen LogP contribution in [0.3, 0.4) is 0 Å². The first-order chi connectivity index (χ1) is 17.0. The van der Waals surface area contributed by atoms with E-state index >= 15 is 0 Å². The van der Waals surface area contributed by atoms with E-state index in [1.165, 1.54) is 30.1 Å². The molecule has 3 rings (SSSR count). The summed E-state index contributed by atoms with van der Waals surface area (Å²) in [5, 5.41) is 2.91. The number of hydrogen-bond acceptors (Lipinski definition) is 4. The second-order valence-electron chi connectivity index (χ2n) is 8.55. The van der Waals surface area contributed by atoms with E-state index in [-0.39, 0.29) is 17.3 Å². The molecule has 0 aromatic heterocycles. The van der Waals surface area contributed by atoms with Crippen molar-refractivity contribution in [3.63, 3.8) is 0 Å². The van der Waals surface area contributed by atoms with Crippen LogP contribution in [-0.4, -0.2) is 44.8 Å². The minimum atomic E-state index is -4.13. The van der Waals surface area contributed by atoms with Gasteiger partial charge in [-0.15, -0.1) is 0 Å². The fourth-order valence-corrected chi connectivity index (χ4v) is 5.42. The third-order valence-electron chi connectivity index (χ3n) is 5.94. The van der Waals surface area contributed by atoms with Crippen LogP contribution in [0.4, 0.5) is 5.69 Å². The van der Waals surface area contributed by atoms with Gasteiger partial charge in [-0.2, -0.15) is 0 Å². The SMILES string of the molecule is CNC(=O)[C@@H](C)N(Cc1ccc(C)cc1)C(=O)CN(c1cc(Cl)ccc1C)S(=O)(=O)c1ccccc1. The van der Waals surface area contributed by atoms with Gasteiger partial charge in [0.15, 0.2) is 0 Å². The molecule has 0 saturated heterocycles. The number of aryl methyl sites for hydroxylation is 2. The normalized spacial score (nSPS) is 12.0. The monoisotopic (exact) mass is 527 g/mol. The summed E-state index contributed by atoms with van der Waals surface area (Å²) in [7, 11) is -2.63. The number of nitrogens with one attached hydrogen (secondary N) is 1. The van der Waals surface area contributed by atoms with E-state index in [2.05, 4.69) is 5.32 Å². The summed E-state index contributed by atoms with van der Waals surface area (Å²) in [5.41, 5.74) is 2.81. The maximum Gasteiger partial charge on any atom is 0.264 e. The quantitative estimate of drug-likeness (QED) is 0.449. The van der Waals surface area contributed by atoms with E-state index < -0.39 is 28.5 Å². The number of benzene rings is 3. The summed E-state index contributed by atoms with van der Waals surface area (Å²) < 4.78 is 28.5. The van der Waals surface area contributed by atoms with Gasteiger partial charge in [-0.25, -0.2) is 8.42 Å². The summed E-state index contributed by atoms with van der Waals surface area (Å²) in [4.78, 5) is 27.7. The molecule has 0 spiro atoms. The van der Waals surface area contributed by atoms with Crippen LogP contribution in [0, 0.1) is 13.8 Å². The molecule has 3 aromatic carbocycles. The van der Waals surface area contributed by atoms with Crippen molar-refractivity contribution in [3.05, 3.63) is 94.5 Å². The number of hydrogen-bond donors (Lipinski definition) is 1. The van der Waals surface area contributed by atoms with Crippen LogP contribution in [0.25, 0.3) is 0 Å². The Balaban J connectivity index is 2.06. The van der Waals surface area contributed by atoms with Crippen molar-refractivity contribution in [3.8, 4) is 0 Å². The van der Waals surface area contributed by atoms with Gasteiger partial charge in [-0.05, 0) is 56.2 Å². The number of likely N-dealkylation sites (N-methyl/N-ethyl adjacent to an activating group) is 1. The maximum atomic E-state index is 13.7. The molecule has 2 amide bonds. The second kappa shape index (κ2) is 11.6. The highest BCUT2D eigenvalue weighted by Gasteiger charge is 2.33. The number of sulfonamides is 1. The highest BCUT2D eigenvalue weighted by atomic mass is 35.5. The van der Waals surface area contributed by atoms with E-state index in [4.69, 9.17) is 11.6 Å². The number of carbonyl (C=O) groups is 2. The highest BCUT2D eigenvalue weighted by molar-refractivity contribution is 7.92. The molecule has 0 bridgehead atoms. The van der Waals surface area contributed by atoms with Crippen molar-refractivity contribution < 1.29 is 18.0 Å². The molecule has 3 aromatic rings. The van der Waals surface area contributed by atoms with Gasteiger partial charge in [0.05, 0.1) is 10.6 Å². The number of amides is 2. The van der Waals surface area contributed by atoms with E-state index in [1.54, 1.807) is 44.2 Å². The zero-order valence-corrected chi connectivity index (χ0v) is 22.3. The van der Waals surface area contributed by atoms with Gasteiger partial charge in [0.25, 0.3) is 10.0 Å². The molecule has 9 heteroatoms. The minimum absolute atomic E-state index is 0.0432. The first-order valence-corrected chi connectivity index (χ1v) is 13.3. The molecule has 0 saturated carbocycles. The topological polar surface area (TPSA) is 86.8 Å². The van der Waals surface area contributed by atoms with Crippen LogP contribution in [0.2, 0.25) is 5.02 Å². The Morgan fingerprint density at radius 2 is 1.61 bits per heavy atom. The third-order valence-corrected chi connectivity index (χ3v) is 7.95. The predicted molar refractivity (Wildman–Crippen MR) is 142 cm³/mol. The molecule has 0 heterocycles. The second-order valence-corrected chi connectivity index (χ2v) is 10.9. The van der Waals surface area contributed by atoms with Gasteiger partial charge in [-0.3, -0.25) is 13.9 Å². The van der Waals surface area contributed by atoms with E-state index in [0.717, 1.165) is 15.4 Å². The standard InChI is InChI=1S/C27H30ClN3O4S/c1-19-10-13-22(14-11-19)17-30(21(3)27(33)29-4)26(32)18-31(25-16-23(28)15-12-20(25)2)36(34,35)24-8-6-5-7-9-24/h5-16,21H,17-18H2,1-4H3,(H,29,33)/t21-/m1/s1. The van der Waals surface area contributed by atoms with Crippen molar-refractivity contribution in [1.82, 2.24) is 10.2 Å². The number of carbonyl (C=O) groups excluding carboxylic acids is 2. The average Bonchev–Trinajstić information content (AvgIpc) is 2.87. The van der Waals surface area contributed by atoms with Gasteiger partial charge in [-0.1, -0.05) is 65.7 Å². The average molecular weight is 528 g/mol. The molecule has 36 heavy (non-hydrogen) atoms. The molecule has 1 N–H and O–H groups in total. The Morgan fingerprint density at radius 1 is 0.972 bits per heavy atom. The smallest absolute Gasteiger partial charge is 0.264 e. The molecule has 0 radical (unpaired) electrons. The van der Waals surface area contributed by atoms with Crippen molar-refractivity contribution in [1.29, 1.82) is 0 Å². The lowest BCUT2D eigenvalue weighted by molar-refractivity contribution is -0.139. The van der Waals surface area contributed by atoms with Crippen molar-refractivity contribution in [2.75, 3.05) is 17.9 Å². The van der Waals surface area contributed by atoms with Crippen molar-refractivity contribution >= 4 is 39.1 Å². The predicted octanol–water partition coefficient (Wildman–Crippen LogP) is 4.32.